The summed E-state index contributed by atoms with van der Waals surface area (Å²) in [5.74, 6) is 0.528. The van der Waals surface area contributed by atoms with Gasteiger partial charge in [0.2, 0.25) is 0 Å². The van der Waals surface area contributed by atoms with Gasteiger partial charge in [-0.25, -0.2) is 0 Å². The van der Waals surface area contributed by atoms with E-state index in [2.05, 4.69) is 13.0 Å². The molecule has 0 saturated carbocycles. The normalized spacial score (nSPS) is 14.8. The van der Waals surface area contributed by atoms with Crippen molar-refractivity contribution in [3.63, 3.8) is 0 Å². The smallest absolute Gasteiger partial charge is 0.0595 e. The lowest BCUT2D eigenvalue weighted by Gasteiger charge is -2.17. The average molecular weight is 260 g/mol. The number of halogens is 2. The highest BCUT2D eigenvalue weighted by Gasteiger charge is 2.11. The quantitative estimate of drug-likeness (QED) is 0.821. The highest BCUT2D eigenvalue weighted by atomic mass is 35.5. The Balaban J connectivity index is 2.74. The third-order valence-electron chi connectivity index (χ3n) is 2.88. The van der Waals surface area contributed by atoms with Crippen LogP contribution in [-0.2, 0) is 0 Å². The van der Waals surface area contributed by atoms with Crippen LogP contribution in [0.3, 0.4) is 0 Å². The first kappa shape index (κ1) is 13.8. The van der Waals surface area contributed by atoms with Gasteiger partial charge in [0, 0.05) is 6.04 Å². The molecule has 0 aliphatic carbocycles. The van der Waals surface area contributed by atoms with Gasteiger partial charge in [-0.3, -0.25) is 0 Å². The van der Waals surface area contributed by atoms with Crippen molar-refractivity contribution < 1.29 is 0 Å². The van der Waals surface area contributed by atoms with Crippen molar-refractivity contribution >= 4 is 23.2 Å². The van der Waals surface area contributed by atoms with E-state index in [1.54, 1.807) is 0 Å². The minimum Gasteiger partial charge on any atom is -0.328 e. The van der Waals surface area contributed by atoms with E-state index in [-0.39, 0.29) is 6.04 Å². The van der Waals surface area contributed by atoms with Gasteiger partial charge in [0.05, 0.1) is 10.0 Å². The molecule has 2 unspecified atom stereocenters. The molecule has 0 amide bonds. The third-order valence-corrected chi connectivity index (χ3v) is 3.62. The van der Waals surface area contributed by atoms with Crippen molar-refractivity contribution in [2.45, 2.75) is 45.1 Å². The predicted octanol–water partition coefficient (Wildman–Crippen LogP) is 4.61. The molecule has 1 rings (SSSR count). The zero-order valence-electron chi connectivity index (χ0n) is 9.84. The van der Waals surface area contributed by atoms with Gasteiger partial charge in [0.1, 0.15) is 0 Å². The van der Waals surface area contributed by atoms with Crippen molar-refractivity contribution in [1.29, 1.82) is 0 Å². The van der Waals surface area contributed by atoms with Gasteiger partial charge in [-0.05, 0) is 49.8 Å². The molecule has 1 nitrogen and oxygen atoms in total. The number of rotatable bonds is 5. The van der Waals surface area contributed by atoms with Gasteiger partial charge in [0.25, 0.3) is 0 Å². The molecule has 3 heteroatoms. The molecule has 0 heterocycles. The van der Waals surface area contributed by atoms with E-state index in [1.807, 2.05) is 19.1 Å². The standard InChI is InChI=1S/C13H19Cl2N/c1-3-10(5-4-9(2)16)11-6-7-12(14)13(15)8-11/h6-10H,3-5,16H2,1-2H3. The van der Waals surface area contributed by atoms with Crippen LogP contribution >= 0.6 is 23.2 Å². The first-order chi connectivity index (χ1) is 7.54. The largest absolute Gasteiger partial charge is 0.328 e. The fraction of sp³-hybridized carbons (Fsp3) is 0.538. The summed E-state index contributed by atoms with van der Waals surface area (Å²) in [6, 6.07) is 6.16. The second kappa shape index (κ2) is 6.48. The topological polar surface area (TPSA) is 26.0 Å². The molecule has 2 N–H and O–H groups in total. The van der Waals surface area contributed by atoms with E-state index >= 15 is 0 Å². The molecule has 2 atom stereocenters. The second-order valence-corrected chi connectivity index (χ2v) is 5.15. The highest BCUT2D eigenvalue weighted by Crippen LogP contribution is 2.30. The van der Waals surface area contributed by atoms with E-state index in [0.29, 0.717) is 16.0 Å². The SMILES string of the molecule is CCC(CCC(C)N)c1ccc(Cl)c(Cl)c1. The Morgan fingerprint density at radius 2 is 1.88 bits per heavy atom. The van der Waals surface area contributed by atoms with Gasteiger partial charge in [-0.2, -0.15) is 0 Å². The zero-order chi connectivity index (χ0) is 12.1. The molecule has 16 heavy (non-hydrogen) atoms. The van der Waals surface area contributed by atoms with Crippen LogP contribution in [0.15, 0.2) is 18.2 Å². The highest BCUT2D eigenvalue weighted by molar-refractivity contribution is 6.42. The Labute approximate surface area is 108 Å². The Morgan fingerprint density at radius 3 is 2.38 bits per heavy atom. The first-order valence-corrected chi connectivity index (χ1v) is 6.50. The summed E-state index contributed by atoms with van der Waals surface area (Å²) >= 11 is 11.9. The maximum absolute atomic E-state index is 6.02. The van der Waals surface area contributed by atoms with Crippen molar-refractivity contribution in [2.24, 2.45) is 5.73 Å². The Bertz CT molecular complexity index is 337. The predicted molar refractivity (Wildman–Crippen MR) is 72.4 cm³/mol. The van der Waals surface area contributed by atoms with Crippen LogP contribution < -0.4 is 5.73 Å². The molecule has 90 valence electrons. The van der Waals surface area contributed by atoms with E-state index < -0.39 is 0 Å². The lowest BCUT2D eigenvalue weighted by molar-refractivity contribution is 0.532. The van der Waals surface area contributed by atoms with Crippen LogP contribution in [-0.4, -0.2) is 6.04 Å². The molecule has 1 aromatic carbocycles. The van der Waals surface area contributed by atoms with Gasteiger partial charge in [-0.1, -0.05) is 36.2 Å². The van der Waals surface area contributed by atoms with Crippen molar-refractivity contribution in [2.75, 3.05) is 0 Å². The molecule has 0 saturated heterocycles. The van der Waals surface area contributed by atoms with Crippen LogP contribution in [0.25, 0.3) is 0 Å². The van der Waals surface area contributed by atoms with Crippen LogP contribution in [0.4, 0.5) is 0 Å². The van der Waals surface area contributed by atoms with Crippen LogP contribution in [0, 0.1) is 0 Å². The van der Waals surface area contributed by atoms with Crippen LogP contribution in [0.1, 0.15) is 44.6 Å². The minimum atomic E-state index is 0.261. The molecule has 0 bridgehead atoms. The molecule has 1 aromatic rings. The minimum absolute atomic E-state index is 0.261. The third kappa shape index (κ3) is 3.97. The number of hydrogen-bond acceptors (Lipinski definition) is 1. The van der Waals surface area contributed by atoms with Gasteiger partial charge < -0.3 is 5.73 Å². The Hall–Kier alpha value is -0.240. The van der Waals surface area contributed by atoms with Crippen molar-refractivity contribution in [3.8, 4) is 0 Å². The fourth-order valence-corrected chi connectivity index (χ4v) is 2.14. The van der Waals surface area contributed by atoms with E-state index in [0.717, 1.165) is 19.3 Å². The molecule has 0 spiro atoms. The summed E-state index contributed by atoms with van der Waals surface area (Å²) in [6.45, 7) is 4.23. The Morgan fingerprint density at radius 1 is 1.19 bits per heavy atom. The summed E-state index contributed by atoms with van der Waals surface area (Å²) in [4.78, 5) is 0. The van der Waals surface area contributed by atoms with Gasteiger partial charge in [0.15, 0.2) is 0 Å². The molecular weight excluding hydrogens is 241 g/mol. The molecule has 0 radical (unpaired) electrons. The number of nitrogens with two attached hydrogens (primary N) is 1. The van der Waals surface area contributed by atoms with Crippen LogP contribution in [0.5, 0.6) is 0 Å². The summed E-state index contributed by atoms with van der Waals surface area (Å²) in [7, 11) is 0. The number of benzene rings is 1. The van der Waals surface area contributed by atoms with Crippen molar-refractivity contribution in [1.82, 2.24) is 0 Å². The maximum atomic E-state index is 6.02. The second-order valence-electron chi connectivity index (χ2n) is 4.33. The molecule has 0 fully saturated rings. The average Bonchev–Trinajstić information content (AvgIpc) is 2.23. The molecule has 0 aliphatic heterocycles. The first-order valence-electron chi connectivity index (χ1n) is 5.75. The van der Waals surface area contributed by atoms with Crippen LogP contribution in [0.2, 0.25) is 10.0 Å². The lowest BCUT2D eigenvalue weighted by Crippen LogP contribution is -2.15. The molecule has 0 aliphatic rings. The monoisotopic (exact) mass is 259 g/mol. The number of hydrogen-bond donors (Lipinski definition) is 1. The Kier molecular flexibility index (Phi) is 5.60. The summed E-state index contributed by atoms with van der Waals surface area (Å²) < 4.78 is 0. The lowest BCUT2D eigenvalue weighted by atomic mass is 9.91. The van der Waals surface area contributed by atoms with Crippen molar-refractivity contribution in [3.05, 3.63) is 33.8 Å². The van der Waals surface area contributed by atoms with E-state index in [4.69, 9.17) is 28.9 Å². The maximum Gasteiger partial charge on any atom is 0.0595 e. The summed E-state index contributed by atoms with van der Waals surface area (Å²) in [5, 5.41) is 1.26. The zero-order valence-corrected chi connectivity index (χ0v) is 11.4. The molecule has 0 aromatic heterocycles. The van der Waals surface area contributed by atoms with E-state index in [9.17, 15) is 0 Å². The van der Waals surface area contributed by atoms with Gasteiger partial charge in [-0.15, -0.1) is 0 Å². The summed E-state index contributed by atoms with van der Waals surface area (Å²) in [5.41, 5.74) is 7.04. The van der Waals surface area contributed by atoms with E-state index in [1.165, 1.54) is 5.56 Å². The molecular formula is C13H19Cl2N. The fourth-order valence-electron chi connectivity index (χ4n) is 1.84. The van der Waals surface area contributed by atoms with Gasteiger partial charge >= 0.3 is 0 Å². The summed E-state index contributed by atoms with van der Waals surface area (Å²) in [6.07, 6.45) is 3.25.